The molecule has 0 saturated heterocycles. The van der Waals surface area contributed by atoms with Crippen LogP contribution in [0.15, 0.2) is 85.2 Å². The molecule has 2 amide bonds. The molecule has 0 aliphatic heterocycles. The average Bonchev–Trinajstić information content (AvgIpc) is 3.71. The number of pyridine rings is 2. The van der Waals surface area contributed by atoms with Gasteiger partial charge in [0.2, 0.25) is 5.91 Å². The van der Waals surface area contributed by atoms with Gasteiger partial charge in [0.25, 0.3) is 0 Å². The summed E-state index contributed by atoms with van der Waals surface area (Å²) in [5.41, 5.74) is 7.90. The van der Waals surface area contributed by atoms with Crippen molar-refractivity contribution in [2.75, 3.05) is 31.0 Å². The van der Waals surface area contributed by atoms with Crippen LogP contribution < -0.4 is 20.1 Å². The van der Waals surface area contributed by atoms with Crippen LogP contribution in [0.5, 0.6) is 11.5 Å². The van der Waals surface area contributed by atoms with E-state index in [1.165, 1.54) is 68.1 Å². The van der Waals surface area contributed by atoms with E-state index < -0.39 is 11.5 Å². The second kappa shape index (κ2) is 19.0. The second-order valence-electron chi connectivity index (χ2n) is 17.2. The van der Waals surface area contributed by atoms with Crippen LogP contribution >= 0.6 is 0 Å². The molecule has 8 rings (SSSR count). The molecule has 2 fully saturated rings. The van der Waals surface area contributed by atoms with Crippen molar-refractivity contribution in [1.29, 1.82) is 0 Å². The highest BCUT2D eigenvalue weighted by Gasteiger charge is 2.24. The van der Waals surface area contributed by atoms with E-state index in [1.807, 2.05) is 71.0 Å². The van der Waals surface area contributed by atoms with Crippen molar-refractivity contribution < 1.29 is 23.8 Å². The monoisotopic (exact) mass is 812 g/mol. The predicted octanol–water partition coefficient (Wildman–Crippen LogP) is 10.8. The molecule has 0 radical (unpaired) electrons. The fourth-order valence-electron chi connectivity index (χ4n) is 7.75. The van der Waals surface area contributed by atoms with Gasteiger partial charge in [-0.1, -0.05) is 57.9 Å². The number of benzene rings is 2. The first kappa shape index (κ1) is 42.3. The molecule has 0 atom stereocenters. The van der Waals surface area contributed by atoms with Gasteiger partial charge in [-0.3, -0.25) is 10.1 Å². The van der Waals surface area contributed by atoms with Gasteiger partial charge >= 0.3 is 6.09 Å². The highest BCUT2D eigenvalue weighted by atomic mass is 16.5. The zero-order valence-electron chi connectivity index (χ0n) is 36.1. The van der Waals surface area contributed by atoms with E-state index in [-0.39, 0.29) is 5.91 Å². The SMILES string of the molecule is CCOc1ccc(Cc2cc3cc(NC(=O)C(C)(C)C)cnc3n2CC2CCC2)cc1.CCOc1ccc(Cc2cc3cc(NC(=O)OC)cnc3n2CC2CCC2)cc1. The minimum Gasteiger partial charge on any atom is -0.494 e. The van der Waals surface area contributed by atoms with Crippen molar-refractivity contribution >= 4 is 45.4 Å². The van der Waals surface area contributed by atoms with Crippen LogP contribution in [0.25, 0.3) is 22.1 Å². The molecule has 4 aromatic heterocycles. The number of amides is 2. The number of aromatic nitrogens is 4. The van der Waals surface area contributed by atoms with Crippen LogP contribution in [0.3, 0.4) is 0 Å². The number of methoxy groups -OCH3 is 1. The van der Waals surface area contributed by atoms with Crippen LogP contribution in [0.4, 0.5) is 16.2 Å². The third kappa shape index (κ3) is 10.5. The molecule has 4 heterocycles. The van der Waals surface area contributed by atoms with E-state index in [2.05, 4.69) is 65.9 Å². The molecule has 2 N–H and O–H groups in total. The summed E-state index contributed by atoms with van der Waals surface area (Å²) in [5.74, 6) is 3.25. The minimum absolute atomic E-state index is 0.00263. The molecular formula is C49H60N6O5. The lowest BCUT2D eigenvalue weighted by Crippen LogP contribution is -2.27. The van der Waals surface area contributed by atoms with E-state index in [9.17, 15) is 9.59 Å². The number of carbonyl (C=O) groups is 2. The van der Waals surface area contributed by atoms with Gasteiger partial charge in [0.1, 0.15) is 22.8 Å². The number of hydrogen-bond acceptors (Lipinski definition) is 7. The summed E-state index contributed by atoms with van der Waals surface area (Å²) in [6.07, 6.45) is 12.5. The Hall–Kier alpha value is -5.84. The Labute approximate surface area is 353 Å². The van der Waals surface area contributed by atoms with Crippen LogP contribution in [0.2, 0.25) is 0 Å². The Bertz CT molecular complexity index is 2380. The lowest BCUT2D eigenvalue weighted by atomic mass is 9.85. The molecule has 2 aliphatic rings. The van der Waals surface area contributed by atoms with Crippen LogP contribution in [-0.2, 0) is 35.5 Å². The number of nitrogens with zero attached hydrogens (tertiary/aromatic N) is 4. The summed E-state index contributed by atoms with van der Waals surface area (Å²) < 4.78 is 20.5. The van der Waals surface area contributed by atoms with Gasteiger partial charge in [0.05, 0.1) is 44.1 Å². The molecule has 0 bridgehead atoms. The minimum atomic E-state index is -0.491. The fourth-order valence-corrected chi connectivity index (χ4v) is 7.75. The van der Waals surface area contributed by atoms with Crippen molar-refractivity contribution in [2.45, 2.75) is 99.1 Å². The number of hydrogen-bond donors (Lipinski definition) is 2. The summed E-state index contributed by atoms with van der Waals surface area (Å²) in [6.45, 7) is 13.1. The Kier molecular flexibility index (Phi) is 13.4. The summed E-state index contributed by atoms with van der Waals surface area (Å²) >= 11 is 0. The Morgan fingerprint density at radius 1 is 0.667 bits per heavy atom. The first-order chi connectivity index (χ1) is 29.0. The van der Waals surface area contributed by atoms with Gasteiger partial charge in [-0.05, 0) is 111 Å². The maximum absolute atomic E-state index is 12.4. The molecule has 60 heavy (non-hydrogen) atoms. The first-order valence-electron chi connectivity index (χ1n) is 21.6. The molecular weight excluding hydrogens is 753 g/mol. The van der Waals surface area contributed by atoms with Gasteiger partial charge in [-0.15, -0.1) is 0 Å². The van der Waals surface area contributed by atoms with Gasteiger partial charge < -0.3 is 28.7 Å². The second-order valence-corrected chi connectivity index (χ2v) is 17.2. The normalized spacial score (nSPS) is 14.2. The topological polar surface area (TPSA) is 122 Å². The molecule has 11 heteroatoms. The van der Waals surface area contributed by atoms with Crippen molar-refractivity contribution in [3.63, 3.8) is 0 Å². The highest BCUT2D eigenvalue weighted by Crippen LogP contribution is 2.33. The van der Waals surface area contributed by atoms with Crippen LogP contribution in [-0.4, -0.2) is 51.4 Å². The molecule has 2 aliphatic carbocycles. The van der Waals surface area contributed by atoms with Crippen molar-refractivity contribution in [1.82, 2.24) is 19.1 Å². The number of carbonyl (C=O) groups excluding carboxylic acids is 2. The summed E-state index contributed by atoms with van der Waals surface area (Å²) in [4.78, 5) is 33.3. The lowest BCUT2D eigenvalue weighted by molar-refractivity contribution is -0.123. The standard InChI is InChI=1S/C26H33N3O2.C23H27N3O3/c1-5-31-23-11-9-18(10-12-23)13-22-15-20-14-21(28-25(30)26(2,3)4)16-27-24(20)29(22)17-19-7-6-8-19;1-3-29-21-9-7-16(8-10-21)11-20-13-18-12-19(25-23(27)28-2)14-24-22(18)26(20)15-17-5-4-6-17/h9-12,14-16,19H,5-8,13,17H2,1-4H3,(H,28,30);7-10,12-14,17H,3-6,11,15H2,1-2H3,(H,25,27). The van der Waals surface area contributed by atoms with Crippen LogP contribution in [0.1, 0.15) is 95.7 Å². The smallest absolute Gasteiger partial charge is 0.411 e. The molecule has 0 spiro atoms. The van der Waals surface area contributed by atoms with Gasteiger partial charge in [-0.25, -0.2) is 14.8 Å². The first-order valence-corrected chi connectivity index (χ1v) is 21.6. The predicted molar refractivity (Wildman–Crippen MR) is 239 cm³/mol. The maximum Gasteiger partial charge on any atom is 0.411 e. The van der Waals surface area contributed by atoms with E-state index in [4.69, 9.17) is 14.5 Å². The largest absolute Gasteiger partial charge is 0.494 e. The summed E-state index contributed by atoms with van der Waals surface area (Å²) in [5, 5.41) is 7.81. The summed E-state index contributed by atoms with van der Waals surface area (Å²) in [7, 11) is 1.35. The molecule has 316 valence electrons. The molecule has 2 saturated carbocycles. The number of fused-ring (bicyclic) bond motifs is 2. The van der Waals surface area contributed by atoms with Crippen molar-refractivity contribution in [3.8, 4) is 11.5 Å². The fraction of sp³-hybridized carbons (Fsp3) is 0.429. The molecule has 6 aromatic rings. The number of nitrogens with one attached hydrogen (secondary N) is 2. The lowest BCUT2D eigenvalue weighted by Gasteiger charge is -2.27. The third-order valence-electron chi connectivity index (χ3n) is 11.6. The summed E-state index contributed by atoms with van der Waals surface area (Å²) in [6, 6.07) is 25.0. The van der Waals surface area contributed by atoms with E-state index in [0.717, 1.165) is 77.0 Å². The Morgan fingerprint density at radius 2 is 1.10 bits per heavy atom. The molecule has 2 aromatic carbocycles. The molecule has 11 nitrogen and oxygen atoms in total. The van der Waals surface area contributed by atoms with E-state index in [1.54, 1.807) is 12.4 Å². The zero-order valence-corrected chi connectivity index (χ0v) is 36.1. The number of ether oxygens (including phenoxy) is 3. The van der Waals surface area contributed by atoms with Gasteiger partial charge in [0, 0.05) is 53.5 Å². The zero-order chi connectivity index (χ0) is 42.2. The third-order valence-corrected chi connectivity index (χ3v) is 11.6. The average molecular weight is 813 g/mol. The van der Waals surface area contributed by atoms with Gasteiger partial charge in [-0.2, -0.15) is 0 Å². The highest BCUT2D eigenvalue weighted by molar-refractivity contribution is 5.96. The number of anilines is 2. The van der Waals surface area contributed by atoms with Gasteiger partial charge in [0.15, 0.2) is 0 Å². The van der Waals surface area contributed by atoms with Crippen molar-refractivity contribution in [3.05, 3.63) is 108 Å². The molecule has 0 unspecified atom stereocenters. The quantitative estimate of drug-likeness (QED) is 0.112. The van der Waals surface area contributed by atoms with Crippen molar-refractivity contribution in [2.24, 2.45) is 17.3 Å². The Morgan fingerprint density at radius 3 is 1.47 bits per heavy atom. The van der Waals surface area contributed by atoms with E-state index >= 15 is 0 Å². The van der Waals surface area contributed by atoms with E-state index in [0.29, 0.717) is 18.9 Å². The number of rotatable bonds is 14. The maximum atomic E-state index is 12.4. The van der Waals surface area contributed by atoms with Crippen LogP contribution in [0, 0.1) is 17.3 Å². The Balaban J connectivity index is 0.000000182.